The first kappa shape index (κ1) is 11.5. The smallest absolute Gasteiger partial charge is 0.123 e. The maximum absolute atomic E-state index is 5.93. The lowest BCUT2D eigenvalue weighted by molar-refractivity contribution is 0.191. The van der Waals surface area contributed by atoms with Crippen LogP contribution in [0.5, 0.6) is 5.75 Å². The highest BCUT2D eigenvalue weighted by atomic mass is 16.5. The Kier molecular flexibility index (Phi) is 3.83. The zero-order chi connectivity index (χ0) is 11.4. The van der Waals surface area contributed by atoms with Gasteiger partial charge in [0.25, 0.3) is 0 Å². The molecule has 1 heterocycles. The predicted octanol–water partition coefficient (Wildman–Crippen LogP) is 2.76. The van der Waals surface area contributed by atoms with Crippen molar-refractivity contribution < 1.29 is 4.74 Å². The summed E-state index contributed by atoms with van der Waals surface area (Å²) in [6, 6.07) is 8.34. The summed E-state index contributed by atoms with van der Waals surface area (Å²) in [6.45, 7) is 3.00. The quantitative estimate of drug-likeness (QED) is 0.826. The molecule has 0 amide bonds. The average Bonchev–Trinajstić information content (AvgIpc) is 2.70. The highest BCUT2D eigenvalue weighted by molar-refractivity contribution is 5.37. The van der Waals surface area contributed by atoms with Crippen LogP contribution in [0, 0.1) is 5.92 Å². The van der Waals surface area contributed by atoms with E-state index in [-0.39, 0.29) is 0 Å². The van der Waals surface area contributed by atoms with Crippen molar-refractivity contribution in [2.45, 2.75) is 38.7 Å². The molecule has 16 heavy (non-hydrogen) atoms. The van der Waals surface area contributed by atoms with Crippen molar-refractivity contribution >= 4 is 0 Å². The van der Waals surface area contributed by atoms with E-state index in [0.717, 1.165) is 25.1 Å². The number of hydrogen-bond donors (Lipinski definition) is 1. The number of fused-ring (bicyclic) bond motifs is 1. The second-order valence-corrected chi connectivity index (χ2v) is 4.68. The van der Waals surface area contributed by atoms with Gasteiger partial charge in [-0.25, -0.2) is 0 Å². The molecule has 0 spiro atoms. The zero-order valence-corrected chi connectivity index (χ0v) is 9.99. The van der Waals surface area contributed by atoms with Crippen molar-refractivity contribution in [1.82, 2.24) is 0 Å². The molecule has 1 aromatic rings. The van der Waals surface area contributed by atoms with Crippen molar-refractivity contribution in [3.63, 3.8) is 0 Å². The second-order valence-electron chi connectivity index (χ2n) is 4.68. The molecule has 2 atom stereocenters. The fourth-order valence-corrected chi connectivity index (χ4v) is 2.50. The molecule has 0 aromatic heterocycles. The van der Waals surface area contributed by atoms with Gasteiger partial charge >= 0.3 is 0 Å². The molecule has 88 valence electrons. The first-order valence-electron chi connectivity index (χ1n) is 6.28. The van der Waals surface area contributed by atoms with E-state index in [0.29, 0.717) is 12.0 Å². The summed E-state index contributed by atoms with van der Waals surface area (Å²) in [7, 11) is 0. The molecule has 1 aliphatic rings. The highest BCUT2D eigenvalue weighted by Gasteiger charge is 2.24. The second kappa shape index (κ2) is 5.35. The van der Waals surface area contributed by atoms with Crippen molar-refractivity contribution in [3.05, 3.63) is 29.8 Å². The molecule has 2 heteroatoms. The number of benzene rings is 1. The maximum Gasteiger partial charge on any atom is 0.123 e. The lowest BCUT2D eigenvalue weighted by atomic mass is 9.95. The van der Waals surface area contributed by atoms with Gasteiger partial charge in [-0.05, 0) is 36.9 Å². The molecule has 0 bridgehead atoms. The van der Waals surface area contributed by atoms with Crippen LogP contribution < -0.4 is 10.5 Å². The monoisotopic (exact) mass is 219 g/mol. The van der Waals surface area contributed by atoms with Crippen LogP contribution in [-0.2, 0) is 6.42 Å². The molecule has 2 rings (SSSR count). The van der Waals surface area contributed by atoms with Crippen molar-refractivity contribution in [3.8, 4) is 5.75 Å². The van der Waals surface area contributed by atoms with E-state index >= 15 is 0 Å². The maximum atomic E-state index is 5.93. The SMILES string of the molecule is CCCC(CN)CC1Cc2ccccc2O1. The van der Waals surface area contributed by atoms with E-state index in [9.17, 15) is 0 Å². The molecule has 1 aliphatic heterocycles. The van der Waals surface area contributed by atoms with Gasteiger partial charge in [0.05, 0.1) is 0 Å². The van der Waals surface area contributed by atoms with Gasteiger partial charge < -0.3 is 10.5 Å². The third kappa shape index (κ3) is 2.56. The zero-order valence-electron chi connectivity index (χ0n) is 9.99. The Morgan fingerprint density at radius 1 is 1.44 bits per heavy atom. The number of nitrogens with two attached hydrogens (primary N) is 1. The average molecular weight is 219 g/mol. The molecule has 0 radical (unpaired) electrons. The molecule has 2 nitrogen and oxygen atoms in total. The van der Waals surface area contributed by atoms with Crippen LogP contribution in [0.25, 0.3) is 0 Å². The summed E-state index contributed by atoms with van der Waals surface area (Å²) >= 11 is 0. The van der Waals surface area contributed by atoms with Crippen LogP contribution in [0.15, 0.2) is 24.3 Å². The van der Waals surface area contributed by atoms with Gasteiger partial charge in [0, 0.05) is 6.42 Å². The topological polar surface area (TPSA) is 35.2 Å². The largest absolute Gasteiger partial charge is 0.490 e. The third-order valence-electron chi connectivity index (χ3n) is 3.34. The Bertz CT molecular complexity index is 312. The molecular formula is C14H21NO. The number of para-hydroxylation sites is 1. The minimum atomic E-state index is 0.345. The Morgan fingerprint density at radius 2 is 2.25 bits per heavy atom. The van der Waals surface area contributed by atoms with Gasteiger partial charge in [-0.3, -0.25) is 0 Å². The lowest BCUT2D eigenvalue weighted by Gasteiger charge is -2.18. The number of ether oxygens (including phenoxy) is 1. The predicted molar refractivity (Wildman–Crippen MR) is 66.6 cm³/mol. The van der Waals surface area contributed by atoms with Crippen LogP contribution in [0.1, 0.15) is 31.7 Å². The molecule has 0 saturated carbocycles. The summed E-state index contributed by atoms with van der Waals surface area (Å²) in [5, 5.41) is 0. The molecule has 1 aromatic carbocycles. The fourth-order valence-electron chi connectivity index (χ4n) is 2.50. The Balaban J connectivity index is 1.91. The minimum absolute atomic E-state index is 0.345. The van der Waals surface area contributed by atoms with E-state index in [2.05, 4.69) is 25.1 Å². The molecular weight excluding hydrogens is 198 g/mol. The first-order chi connectivity index (χ1) is 7.83. The van der Waals surface area contributed by atoms with Gasteiger partial charge in [0.2, 0.25) is 0 Å². The van der Waals surface area contributed by atoms with Crippen molar-refractivity contribution in [1.29, 1.82) is 0 Å². The summed E-state index contributed by atoms with van der Waals surface area (Å²) in [4.78, 5) is 0. The van der Waals surface area contributed by atoms with Crippen molar-refractivity contribution in [2.24, 2.45) is 11.7 Å². The van der Waals surface area contributed by atoms with E-state index < -0.39 is 0 Å². The molecule has 0 aliphatic carbocycles. The van der Waals surface area contributed by atoms with E-state index in [4.69, 9.17) is 10.5 Å². The normalized spacial score (nSPS) is 20.2. The molecule has 2 N–H and O–H groups in total. The summed E-state index contributed by atoms with van der Waals surface area (Å²) in [6.07, 6.45) is 4.92. The van der Waals surface area contributed by atoms with Crippen LogP contribution in [0.4, 0.5) is 0 Å². The minimum Gasteiger partial charge on any atom is -0.490 e. The van der Waals surface area contributed by atoms with Gasteiger partial charge in [-0.2, -0.15) is 0 Å². The summed E-state index contributed by atoms with van der Waals surface area (Å²) in [5.41, 5.74) is 7.13. The Morgan fingerprint density at radius 3 is 2.94 bits per heavy atom. The van der Waals surface area contributed by atoms with Crippen LogP contribution in [0.3, 0.4) is 0 Å². The molecule has 0 saturated heterocycles. The lowest BCUT2D eigenvalue weighted by Crippen LogP contribution is -2.23. The van der Waals surface area contributed by atoms with Gasteiger partial charge in [0.1, 0.15) is 11.9 Å². The van der Waals surface area contributed by atoms with Gasteiger partial charge in [0.15, 0.2) is 0 Å². The number of rotatable bonds is 5. The molecule has 2 unspecified atom stereocenters. The summed E-state index contributed by atoms with van der Waals surface area (Å²) < 4.78 is 5.93. The van der Waals surface area contributed by atoms with Crippen LogP contribution in [0.2, 0.25) is 0 Å². The Hall–Kier alpha value is -1.02. The van der Waals surface area contributed by atoms with Crippen LogP contribution in [-0.4, -0.2) is 12.6 Å². The van der Waals surface area contributed by atoms with E-state index in [1.54, 1.807) is 0 Å². The summed E-state index contributed by atoms with van der Waals surface area (Å²) in [5.74, 6) is 1.68. The third-order valence-corrected chi connectivity index (χ3v) is 3.34. The van der Waals surface area contributed by atoms with E-state index in [1.165, 1.54) is 18.4 Å². The van der Waals surface area contributed by atoms with Crippen LogP contribution >= 0.6 is 0 Å². The van der Waals surface area contributed by atoms with Crippen molar-refractivity contribution in [2.75, 3.05) is 6.54 Å². The van der Waals surface area contributed by atoms with Gasteiger partial charge in [-0.15, -0.1) is 0 Å². The first-order valence-corrected chi connectivity index (χ1v) is 6.28. The highest BCUT2D eigenvalue weighted by Crippen LogP contribution is 2.31. The molecule has 0 fully saturated rings. The Labute approximate surface area is 97.8 Å². The number of hydrogen-bond acceptors (Lipinski definition) is 2. The van der Waals surface area contributed by atoms with Gasteiger partial charge in [-0.1, -0.05) is 31.5 Å². The standard InChI is InChI=1S/C14H21NO/c1-2-5-11(10-15)8-13-9-12-6-3-4-7-14(12)16-13/h3-4,6-7,11,13H,2,5,8-10,15H2,1H3. The fraction of sp³-hybridized carbons (Fsp3) is 0.571. The van der Waals surface area contributed by atoms with E-state index in [1.807, 2.05) is 6.07 Å².